The summed E-state index contributed by atoms with van der Waals surface area (Å²) in [4.78, 5) is 2.24. The average molecular weight is 267 g/mol. The number of aryl methyl sites for hydroxylation is 1. The van der Waals surface area contributed by atoms with E-state index in [0.29, 0.717) is 0 Å². The van der Waals surface area contributed by atoms with Crippen molar-refractivity contribution >= 4 is 15.8 Å². The van der Waals surface area contributed by atoms with Crippen molar-refractivity contribution in [2.45, 2.75) is 24.7 Å². The van der Waals surface area contributed by atoms with Gasteiger partial charge in [0.25, 0.3) is 10.1 Å². The van der Waals surface area contributed by atoms with Crippen LogP contribution in [0.2, 0.25) is 0 Å². The second-order valence-electron chi connectivity index (χ2n) is 5.53. The summed E-state index contributed by atoms with van der Waals surface area (Å²) < 4.78 is 31.5. The summed E-state index contributed by atoms with van der Waals surface area (Å²) in [5, 5.41) is 0. The van der Waals surface area contributed by atoms with Crippen molar-refractivity contribution in [3.63, 3.8) is 0 Å². The van der Waals surface area contributed by atoms with Crippen LogP contribution >= 0.6 is 0 Å². The van der Waals surface area contributed by atoms with Crippen molar-refractivity contribution in [1.29, 1.82) is 0 Å². The SMILES string of the molecule is Cc1ccc(S(=O)(=O)O)cc1N1CC2CC(C2)C1. The summed E-state index contributed by atoms with van der Waals surface area (Å²) in [6.45, 7) is 3.99. The summed E-state index contributed by atoms with van der Waals surface area (Å²) in [5.74, 6) is 1.52. The molecule has 2 bridgehead atoms. The fraction of sp³-hybridized carbons (Fsp3) is 0.538. The van der Waals surface area contributed by atoms with Crippen LogP contribution in [0.15, 0.2) is 23.1 Å². The normalized spacial score (nSPS) is 26.9. The zero-order chi connectivity index (χ0) is 12.9. The highest BCUT2D eigenvalue weighted by Crippen LogP contribution is 2.41. The topological polar surface area (TPSA) is 57.6 Å². The molecule has 3 aliphatic rings. The van der Waals surface area contributed by atoms with E-state index in [-0.39, 0.29) is 4.90 Å². The predicted octanol–water partition coefficient (Wildman–Crippen LogP) is 2.09. The monoisotopic (exact) mass is 267 g/mol. The molecule has 2 heterocycles. The van der Waals surface area contributed by atoms with E-state index >= 15 is 0 Å². The van der Waals surface area contributed by atoms with Crippen LogP contribution in [0.5, 0.6) is 0 Å². The fourth-order valence-corrected chi connectivity index (χ4v) is 3.66. The lowest BCUT2D eigenvalue weighted by Gasteiger charge is -2.48. The van der Waals surface area contributed by atoms with E-state index < -0.39 is 10.1 Å². The summed E-state index contributed by atoms with van der Waals surface area (Å²) in [7, 11) is -4.11. The van der Waals surface area contributed by atoms with Crippen LogP contribution in [0.4, 0.5) is 5.69 Å². The molecule has 5 heteroatoms. The summed E-state index contributed by atoms with van der Waals surface area (Å²) in [5.41, 5.74) is 2.00. The maximum absolute atomic E-state index is 11.2. The summed E-state index contributed by atoms with van der Waals surface area (Å²) in [6, 6.07) is 4.81. The molecule has 0 unspecified atom stereocenters. The maximum atomic E-state index is 11.2. The molecule has 1 aliphatic carbocycles. The van der Waals surface area contributed by atoms with Crippen LogP contribution in [0.3, 0.4) is 0 Å². The van der Waals surface area contributed by atoms with Gasteiger partial charge in [0.05, 0.1) is 4.90 Å². The number of hydrogen-bond acceptors (Lipinski definition) is 3. The van der Waals surface area contributed by atoms with E-state index in [9.17, 15) is 8.42 Å². The Morgan fingerprint density at radius 2 is 1.83 bits per heavy atom. The Morgan fingerprint density at radius 1 is 1.22 bits per heavy atom. The lowest BCUT2D eigenvalue weighted by Crippen LogP contribution is -2.48. The number of benzene rings is 1. The first-order chi connectivity index (χ1) is 8.43. The molecule has 0 atom stereocenters. The van der Waals surface area contributed by atoms with Gasteiger partial charge < -0.3 is 4.90 Å². The molecule has 18 heavy (non-hydrogen) atoms. The molecule has 0 amide bonds. The molecule has 1 aromatic rings. The van der Waals surface area contributed by atoms with E-state index in [1.807, 2.05) is 6.92 Å². The first-order valence-electron chi connectivity index (χ1n) is 6.26. The smallest absolute Gasteiger partial charge is 0.294 e. The van der Waals surface area contributed by atoms with E-state index in [4.69, 9.17) is 4.55 Å². The maximum Gasteiger partial charge on any atom is 0.294 e. The van der Waals surface area contributed by atoms with Crippen molar-refractivity contribution in [1.82, 2.24) is 0 Å². The zero-order valence-electron chi connectivity index (χ0n) is 10.3. The van der Waals surface area contributed by atoms with Gasteiger partial charge in [0.1, 0.15) is 0 Å². The lowest BCUT2D eigenvalue weighted by atomic mass is 9.71. The Hall–Kier alpha value is -1.07. The Balaban J connectivity index is 1.95. The predicted molar refractivity (Wildman–Crippen MR) is 69.4 cm³/mol. The number of piperidine rings is 2. The van der Waals surface area contributed by atoms with E-state index in [1.54, 1.807) is 12.1 Å². The molecule has 0 aromatic heterocycles. The molecular formula is C13H17NO3S. The molecular weight excluding hydrogens is 250 g/mol. The van der Waals surface area contributed by atoms with Gasteiger partial charge >= 0.3 is 0 Å². The van der Waals surface area contributed by atoms with Crippen LogP contribution in [0.1, 0.15) is 18.4 Å². The highest BCUT2D eigenvalue weighted by atomic mass is 32.2. The lowest BCUT2D eigenvalue weighted by molar-refractivity contribution is 0.159. The highest BCUT2D eigenvalue weighted by molar-refractivity contribution is 7.85. The Kier molecular flexibility index (Phi) is 2.64. The average Bonchev–Trinajstić information content (AvgIpc) is 2.27. The van der Waals surface area contributed by atoms with Gasteiger partial charge in [0.15, 0.2) is 0 Å². The molecule has 1 saturated carbocycles. The van der Waals surface area contributed by atoms with Crippen LogP contribution < -0.4 is 4.90 Å². The minimum Gasteiger partial charge on any atom is -0.371 e. The highest BCUT2D eigenvalue weighted by Gasteiger charge is 2.37. The molecule has 2 saturated heterocycles. The van der Waals surface area contributed by atoms with Crippen LogP contribution in [0.25, 0.3) is 0 Å². The van der Waals surface area contributed by atoms with Crippen molar-refractivity contribution in [2.75, 3.05) is 18.0 Å². The Labute approximate surface area is 107 Å². The number of hydrogen-bond donors (Lipinski definition) is 1. The summed E-state index contributed by atoms with van der Waals surface area (Å²) >= 11 is 0. The van der Waals surface area contributed by atoms with Crippen molar-refractivity contribution < 1.29 is 13.0 Å². The Morgan fingerprint density at radius 3 is 2.39 bits per heavy atom. The van der Waals surface area contributed by atoms with Gasteiger partial charge in [0.2, 0.25) is 0 Å². The number of anilines is 1. The van der Waals surface area contributed by atoms with E-state index in [2.05, 4.69) is 4.90 Å². The standard InChI is InChI=1S/C13H17NO3S/c1-9-2-3-12(18(15,16)17)6-13(9)14-7-10-4-11(5-10)8-14/h2-3,6,10-11H,4-5,7-8H2,1H3,(H,15,16,17). The molecule has 4 nitrogen and oxygen atoms in total. The molecule has 1 aromatic carbocycles. The van der Waals surface area contributed by atoms with Gasteiger partial charge in [-0.05, 0) is 49.3 Å². The van der Waals surface area contributed by atoms with Crippen molar-refractivity contribution in [3.05, 3.63) is 23.8 Å². The second-order valence-corrected chi connectivity index (χ2v) is 6.95. The van der Waals surface area contributed by atoms with Gasteiger partial charge in [-0.15, -0.1) is 0 Å². The minimum absolute atomic E-state index is 0.0117. The number of fused-ring (bicyclic) bond motifs is 2. The van der Waals surface area contributed by atoms with Gasteiger partial charge in [-0.2, -0.15) is 8.42 Å². The third kappa shape index (κ3) is 2.01. The first kappa shape index (κ1) is 12.0. The number of nitrogens with zero attached hydrogens (tertiary/aromatic N) is 1. The van der Waals surface area contributed by atoms with Crippen LogP contribution in [-0.2, 0) is 10.1 Å². The first-order valence-corrected chi connectivity index (χ1v) is 7.70. The third-order valence-electron chi connectivity index (χ3n) is 4.11. The van der Waals surface area contributed by atoms with E-state index in [1.165, 1.54) is 18.9 Å². The van der Waals surface area contributed by atoms with Crippen molar-refractivity contribution in [2.24, 2.45) is 11.8 Å². The van der Waals surface area contributed by atoms with E-state index in [0.717, 1.165) is 36.2 Å². The molecule has 0 spiro atoms. The molecule has 4 rings (SSSR count). The Bertz CT molecular complexity index is 566. The third-order valence-corrected chi connectivity index (χ3v) is 4.96. The minimum atomic E-state index is -4.11. The quantitative estimate of drug-likeness (QED) is 0.834. The van der Waals surface area contributed by atoms with Crippen LogP contribution in [-0.4, -0.2) is 26.1 Å². The molecule has 2 aliphatic heterocycles. The molecule has 1 N–H and O–H groups in total. The molecule has 0 radical (unpaired) electrons. The van der Waals surface area contributed by atoms with Gasteiger partial charge in [-0.1, -0.05) is 6.07 Å². The van der Waals surface area contributed by atoms with Gasteiger partial charge in [-0.25, -0.2) is 0 Å². The fourth-order valence-electron chi connectivity index (χ4n) is 3.16. The van der Waals surface area contributed by atoms with Gasteiger partial charge in [0, 0.05) is 18.8 Å². The molecule has 98 valence electrons. The largest absolute Gasteiger partial charge is 0.371 e. The number of rotatable bonds is 2. The zero-order valence-corrected chi connectivity index (χ0v) is 11.2. The second kappa shape index (κ2) is 3.96. The van der Waals surface area contributed by atoms with Crippen molar-refractivity contribution in [3.8, 4) is 0 Å². The van der Waals surface area contributed by atoms with Gasteiger partial charge in [-0.3, -0.25) is 4.55 Å². The van der Waals surface area contributed by atoms with Crippen LogP contribution in [0, 0.1) is 18.8 Å². The molecule has 3 fully saturated rings. The summed E-state index contributed by atoms with van der Waals surface area (Å²) in [6.07, 6.45) is 2.63.